The number of carbonyl (C=O) groups is 1. The summed E-state index contributed by atoms with van der Waals surface area (Å²) in [5.41, 5.74) is -0.605. The summed E-state index contributed by atoms with van der Waals surface area (Å²) in [4.78, 5) is 21.5. The summed E-state index contributed by atoms with van der Waals surface area (Å²) in [7, 11) is 1.70. The van der Waals surface area contributed by atoms with E-state index in [0.29, 0.717) is 32.3 Å². The van der Waals surface area contributed by atoms with Crippen LogP contribution in [0.3, 0.4) is 0 Å². The van der Waals surface area contributed by atoms with Gasteiger partial charge >= 0.3 is 5.97 Å². The number of ether oxygens (including phenoxy) is 1. The van der Waals surface area contributed by atoms with Crippen LogP contribution in [-0.2, 0) is 22.6 Å². The maximum atomic E-state index is 12.2. The van der Waals surface area contributed by atoms with Crippen LogP contribution in [0, 0.1) is 11.3 Å². The number of hydrogen-bond donors (Lipinski definition) is 1. The summed E-state index contributed by atoms with van der Waals surface area (Å²) in [6.07, 6.45) is 8.85. The van der Waals surface area contributed by atoms with Crippen molar-refractivity contribution in [3.8, 4) is 0 Å². The highest BCUT2D eigenvalue weighted by molar-refractivity contribution is 5.77. The molecule has 2 saturated heterocycles. The van der Waals surface area contributed by atoms with Crippen LogP contribution in [0.15, 0.2) is 12.4 Å². The minimum atomic E-state index is -0.617. The molecular weight excluding hydrogens is 332 g/mol. The number of aliphatic carboxylic acids is 1. The number of likely N-dealkylation sites (tertiary alicyclic amines) is 2. The molecule has 7 nitrogen and oxygen atoms in total. The van der Waals surface area contributed by atoms with Crippen LogP contribution in [-0.4, -0.2) is 76.4 Å². The normalized spacial score (nSPS) is 30.3. The van der Waals surface area contributed by atoms with Crippen LogP contribution >= 0.6 is 0 Å². The number of hydrogen-bond acceptors (Lipinski definition) is 5. The predicted octanol–water partition coefficient (Wildman–Crippen LogP) is 1.29. The second kappa shape index (κ2) is 7.29. The molecule has 7 heteroatoms. The zero-order chi connectivity index (χ0) is 18.1. The van der Waals surface area contributed by atoms with Gasteiger partial charge in [0, 0.05) is 64.2 Å². The zero-order valence-electron chi connectivity index (χ0n) is 15.6. The molecule has 4 rings (SSSR count). The molecule has 0 bridgehead atoms. The van der Waals surface area contributed by atoms with Gasteiger partial charge in [0.1, 0.15) is 5.82 Å². The third kappa shape index (κ3) is 3.17. The Balaban J connectivity index is 1.43. The number of imidazole rings is 1. The third-order valence-corrected chi connectivity index (χ3v) is 6.68. The van der Waals surface area contributed by atoms with Crippen molar-refractivity contribution in [1.29, 1.82) is 0 Å². The zero-order valence-corrected chi connectivity index (χ0v) is 15.6. The van der Waals surface area contributed by atoms with E-state index < -0.39 is 11.4 Å². The van der Waals surface area contributed by atoms with Crippen molar-refractivity contribution in [3.05, 3.63) is 18.2 Å². The summed E-state index contributed by atoms with van der Waals surface area (Å²) in [5.74, 6) is 0.603. The molecule has 144 valence electrons. The lowest BCUT2D eigenvalue weighted by Gasteiger charge is -2.28. The Morgan fingerprint density at radius 3 is 2.85 bits per heavy atom. The van der Waals surface area contributed by atoms with E-state index in [4.69, 9.17) is 4.74 Å². The first-order valence-electron chi connectivity index (χ1n) is 9.81. The van der Waals surface area contributed by atoms with E-state index in [1.54, 1.807) is 7.11 Å². The molecule has 2 aliphatic heterocycles. The lowest BCUT2D eigenvalue weighted by molar-refractivity contribution is -0.149. The monoisotopic (exact) mass is 362 g/mol. The molecular formula is C19H30N4O3. The lowest BCUT2D eigenvalue weighted by Crippen LogP contribution is -2.42. The maximum absolute atomic E-state index is 12.2. The Hall–Kier alpha value is -1.44. The first-order valence-corrected chi connectivity index (χ1v) is 9.81. The SMILES string of the molecule is COCCn1ccnc1CN1C[C@@H]2CN(C3CCCC3)C[C@]2(C(=O)O)C1. The molecule has 3 aliphatic rings. The average molecular weight is 362 g/mol. The summed E-state index contributed by atoms with van der Waals surface area (Å²) < 4.78 is 7.27. The molecule has 3 heterocycles. The van der Waals surface area contributed by atoms with E-state index in [1.807, 2.05) is 12.4 Å². The third-order valence-electron chi connectivity index (χ3n) is 6.68. The minimum absolute atomic E-state index is 0.225. The molecule has 1 N–H and O–H groups in total. The Morgan fingerprint density at radius 1 is 1.35 bits per heavy atom. The topological polar surface area (TPSA) is 70.8 Å². The number of carboxylic acids is 1. The molecule has 1 aliphatic carbocycles. The maximum Gasteiger partial charge on any atom is 0.312 e. The van der Waals surface area contributed by atoms with Crippen molar-refractivity contribution in [2.24, 2.45) is 11.3 Å². The molecule has 0 spiro atoms. The van der Waals surface area contributed by atoms with Gasteiger partial charge < -0.3 is 14.4 Å². The van der Waals surface area contributed by atoms with Crippen molar-refractivity contribution in [2.45, 2.75) is 44.8 Å². The molecule has 26 heavy (non-hydrogen) atoms. The van der Waals surface area contributed by atoms with Gasteiger partial charge in [-0.15, -0.1) is 0 Å². The summed E-state index contributed by atoms with van der Waals surface area (Å²) in [6, 6.07) is 0.609. The molecule has 1 saturated carbocycles. The number of fused-ring (bicyclic) bond motifs is 1. The van der Waals surface area contributed by atoms with Gasteiger partial charge in [-0.05, 0) is 12.8 Å². The van der Waals surface area contributed by atoms with E-state index >= 15 is 0 Å². The minimum Gasteiger partial charge on any atom is -0.481 e. The summed E-state index contributed by atoms with van der Waals surface area (Å²) in [6.45, 7) is 5.29. The van der Waals surface area contributed by atoms with Crippen LogP contribution in [0.5, 0.6) is 0 Å². The lowest BCUT2D eigenvalue weighted by atomic mass is 9.81. The quantitative estimate of drug-likeness (QED) is 0.788. The van der Waals surface area contributed by atoms with Gasteiger partial charge in [-0.1, -0.05) is 12.8 Å². The first kappa shape index (κ1) is 17.9. The smallest absolute Gasteiger partial charge is 0.312 e. The van der Waals surface area contributed by atoms with E-state index in [9.17, 15) is 9.90 Å². The number of aromatic nitrogens is 2. The fourth-order valence-electron chi connectivity index (χ4n) is 5.26. The molecule has 0 amide bonds. The van der Waals surface area contributed by atoms with Gasteiger partial charge in [-0.25, -0.2) is 4.98 Å². The standard InChI is InChI=1S/C19H30N4O3/c1-26-9-8-22-7-6-20-17(22)12-21-10-15-11-23(16-4-2-3-5-16)14-19(15,13-21)18(24)25/h6-7,15-16H,2-5,8-14H2,1H3,(H,24,25)/t15-,19-/m1/s1. The van der Waals surface area contributed by atoms with Crippen molar-refractivity contribution in [2.75, 3.05) is 39.9 Å². The van der Waals surface area contributed by atoms with Crippen molar-refractivity contribution < 1.29 is 14.6 Å². The molecule has 2 atom stereocenters. The van der Waals surface area contributed by atoms with Gasteiger partial charge in [0.25, 0.3) is 0 Å². The largest absolute Gasteiger partial charge is 0.481 e. The van der Waals surface area contributed by atoms with Crippen LogP contribution in [0.25, 0.3) is 0 Å². The molecule has 0 unspecified atom stereocenters. The van der Waals surface area contributed by atoms with E-state index in [-0.39, 0.29) is 5.92 Å². The van der Waals surface area contributed by atoms with Crippen molar-refractivity contribution in [1.82, 2.24) is 19.4 Å². The number of nitrogens with zero attached hydrogens (tertiary/aromatic N) is 4. The van der Waals surface area contributed by atoms with E-state index in [1.165, 1.54) is 25.7 Å². The molecule has 0 aromatic carbocycles. The molecule has 3 fully saturated rings. The van der Waals surface area contributed by atoms with Gasteiger partial charge in [-0.3, -0.25) is 14.6 Å². The van der Waals surface area contributed by atoms with Gasteiger partial charge in [-0.2, -0.15) is 0 Å². The summed E-state index contributed by atoms with van der Waals surface area (Å²) in [5, 5.41) is 10.1. The Morgan fingerprint density at radius 2 is 2.15 bits per heavy atom. The van der Waals surface area contributed by atoms with E-state index in [0.717, 1.165) is 25.5 Å². The Labute approximate surface area is 154 Å². The fourth-order valence-corrected chi connectivity index (χ4v) is 5.26. The molecule has 1 aromatic heterocycles. The first-order chi connectivity index (χ1) is 12.6. The highest BCUT2D eigenvalue weighted by Gasteiger charge is 2.58. The van der Waals surface area contributed by atoms with Gasteiger partial charge in [0.05, 0.1) is 18.6 Å². The fraction of sp³-hybridized carbons (Fsp3) is 0.789. The number of rotatable bonds is 7. The number of carboxylic acid groups (broad SMARTS) is 1. The van der Waals surface area contributed by atoms with Crippen LogP contribution in [0.1, 0.15) is 31.5 Å². The van der Waals surface area contributed by atoms with Crippen molar-refractivity contribution in [3.63, 3.8) is 0 Å². The second-order valence-corrected chi connectivity index (χ2v) is 8.23. The highest BCUT2D eigenvalue weighted by Crippen LogP contribution is 2.45. The van der Waals surface area contributed by atoms with Crippen LogP contribution in [0.2, 0.25) is 0 Å². The van der Waals surface area contributed by atoms with Crippen LogP contribution in [0.4, 0.5) is 0 Å². The molecule has 0 radical (unpaired) electrons. The summed E-state index contributed by atoms with van der Waals surface area (Å²) >= 11 is 0. The van der Waals surface area contributed by atoms with Crippen LogP contribution < -0.4 is 0 Å². The van der Waals surface area contributed by atoms with Gasteiger partial charge in [0.15, 0.2) is 0 Å². The second-order valence-electron chi connectivity index (χ2n) is 8.23. The number of methoxy groups -OCH3 is 1. The van der Waals surface area contributed by atoms with E-state index in [2.05, 4.69) is 19.4 Å². The van der Waals surface area contributed by atoms with Gasteiger partial charge in [0.2, 0.25) is 0 Å². The van der Waals surface area contributed by atoms with Crippen molar-refractivity contribution >= 4 is 5.97 Å². The Bertz CT molecular complexity index is 642. The predicted molar refractivity (Wildman–Crippen MR) is 96.8 cm³/mol. The Kier molecular flexibility index (Phi) is 5.03. The highest BCUT2D eigenvalue weighted by atomic mass is 16.5. The molecule has 1 aromatic rings. The average Bonchev–Trinajstić information content (AvgIpc) is 3.36.